The van der Waals surface area contributed by atoms with Crippen LogP contribution < -0.4 is 10.7 Å². The number of aromatic hydroxyl groups is 1. The molecule has 1 aromatic heterocycles. The summed E-state index contributed by atoms with van der Waals surface area (Å²) in [5.41, 5.74) is 2.70. The molecule has 0 spiro atoms. The van der Waals surface area contributed by atoms with Gasteiger partial charge in [0, 0.05) is 5.56 Å². The van der Waals surface area contributed by atoms with Crippen molar-refractivity contribution in [3.8, 4) is 5.75 Å². The van der Waals surface area contributed by atoms with Crippen LogP contribution in [-0.4, -0.2) is 29.7 Å². The van der Waals surface area contributed by atoms with Gasteiger partial charge in [0.15, 0.2) is 5.76 Å². The lowest BCUT2D eigenvalue weighted by atomic mass is 10.2. The van der Waals surface area contributed by atoms with Gasteiger partial charge in [0.05, 0.1) is 19.0 Å². The molecule has 2 aromatic rings. The molecule has 0 unspecified atom stereocenters. The van der Waals surface area contributed by atoms with Crippen molar-refractivity contribution in [3.05, 3.63) is 54.0 Å². The molecule has 0 atom stereocenters. The van der Waals surface area contributed by atoms with Gasteiger partial charge in [-0.1, -0.05) is 12.1 Å². The zero-order valence-corrected chi connectivity index (χ0v) is 10.9. The molecule has 108 valence electrons. The smallest absolute Gasteiger partial charge is 0.287 e. The molecule has 0 saturated carbocycles. The molecular formula is C14H13N3O4. The summed E-state index contributed by atoms with van der Waals surface area (Å²) in [6.45, 7) is -0.238. The molecule has 2 amide bonds. The molecule has 7 heteroatoms. The minimum atomic E-state index is -0.499. The predicted molar refractivity (Wildman–Crippen MR) is 74.9 cm³/mol. The third-order valence-corrected chi connectivity index (χ3v) is 2.48. The van der Waals surface area contributed by atoms with E-state index >= 15 is 0 Å². The number of rotatable bonds is 5. The monoisotopic (exact) mass is 287 g/mol. The predicted octanol–water partition coefficient (Wildman–Crippen LogP) is 0.865. The second-order valence-corrected chi connectivity index (χ2v) is 4.01. The summed E-state index contributed by atoms with van der Waals surface area (Å²) in [4.78, 5) is 23.0. The highest BCUT2D eigenvalue weighted by Gasteiger charge is 2.09. The Balaban J connectivity index is 1.78. The Labute approximate surface area is 120 Å². The quantitative estimate of drug-likeness (QED) is 0.560. The maximum Gasteiger partial charge on any atom is 0.287 e. The lowest BCUT2D eigenvalue weighted by Gasteiger charge is -2.02. The van der Waals surface area contributed by atoms with Crippen LogP contribution >= 0.6 is 0 Å². The van der Waals surface area contributed by atoms with Crippen molar-refractivity contribution in [1.82, 2.24) is 10.7 Å². The minimum absolute atomic E-state index is 0.0571. The van der Waals surface area contributed by atoms with Gasteiger partial charge in [-0.25, -0.2) is 5.43 Å². The molecule has 1 heterocycles. The summed E-state index contributed by atoms with van der Waals surface area (Å²) in [5.74, 6) is -0.802. The van der Waals surface area contributed by atoms with Gasteiger partial charge in [-0.3, -0.25) is 9.59 Å². The Hall–Kier alpha value is -3.09. The highest BCUT2D eigenvalue weighted by Crippen LogP contribution is 2.12. The summed E-state index contributed by atoms with van der Waals surface area (Å²) < 4.78 is 4.88. The third-order valence-electron chi connectivity index (χ3n) is 2.48. The first-order valence-electron chi connectivity index (χ1n) is 6.08. The summed E-state index contributed by atoms with van der Waals surface area (Å²) in [7, 11) is 0. The fraction of sp³-hybridized carbons (Fsp3) is 0.0714. The van der Waals surface area contributed by atoms with Gasteiger partial charge in [0.2, 0.25) is 0 Å². The SMILES string of the molecule is O=C(CNC(=O)c1ccco1)N/N=C/c1ccccc1O. The molecular weight excluding hydrogens is 274 g/mol. The van der Waals surface area contributed by atoms with Crippen LogP contribution in [-0.2, 0) is 4.79 Å². The molecule has 0 aliphatic rings. The van der Waals surface area contributed by atoms with Crippen LogP contribution in [0.25, 0.3) is 0 Å². The van der Waals surface area contributed by atoms with Crippen molar-refractivity contribution in [2.75, 3.05) is 6.54 Å². The van der Waals surface area contributed by atoms with Gasteiger partial charge in [0.25, 0.3) is 11.8 Å². The van der Waals surface area contributed by atoms with E-state index in [9.17, 15) is 14.7 Å². The molecule has 21 heavy (non-hydrogen) atoms. The van der Waals surface area contributed by atoms with Crippen molar-refractivity contribution in [1.29, 1.82) is 0 Å². The maximum absolute atomic E-state index is 11.5. The number of hydrogen-bond acceptors (Lipinski definition) is 5. The van der Waals surface area contributed by atoms with E-state index in [-0.39, 0.29) is 18.1 Å². The van der Waals surface area contributed by atoms with Gasteiger partial charge in [-0.15, -0.1) is 0 Å². The van der Waals surface area contributed by atoms with Gasteiger partial charge in [0.1, 0.15) is 5.75 Å². The normalized spacial score (nSPS) is 10.5. The van der Waals surface area contributed by atoms with E-state index < -0.39 is 11.8 Å². The largest absolute Gasteiger partial charge is 0.507 e. The number of carbonyl (C=O) groups excluding carboxylic acids is 2. The average Bonchev–Trinajstić information content (AvgIpc) is 3.01. The maximum atomic E-state index is 11.5. The molecule has 1 aromatic carbocycles. The van der Waals surface area contributed by atoms with Crippen molar-refractivity contribution < 1.29 is 19.1 Å². The number of nitrogens with one attached hydrogen (secondary N) is 2. The van der Waals surface area contributed by atoms with Crippen LogP contribution in [0.15, 0.2) is 52.2 Å². The summed E-state index contributed by atoms with van der Waals surface area (Å²) >= 11 is 0. The van der Waals surface area contributed by atoms with Crippen LogP contribution in [0.2, 0.25) is 0 Å². The van der Waals surface area contributed by atoms with Crippen LogP contribution in [0.4, 0.5) is 0 Å². The lowest BCUT2D eigenvalue weighted by Crippen LogP contribution is -2.34. The van der Waals surface area contributed by atoms with Crippen LogP contribution in [0.5, 0.6) is 5.75 Å². The van der Waals surface area contributed by atoms with E-state index in [1.165, 1.54) is 24.6 Å². The summed E-state index contributed by atoms with van der Waals surface area (Å²) in [6, 6.07) is 9.62. The van der Waals surface area contributed by atoms with Crippen molar-refractivity contribution in [2.24, 2.45) is 5.10 Å². The first kappa shape index (κ1) is 14.3. The fourth-order valence-corrected chi connectivity index (χ4v) is 1.47. The number of carbonyl (C=O) groups is 2. The van der Waals surface area contributed by atoms with Crippen LogP contribution in [0.3, 0.4) is 0 Å². The number of phenols is 1. The Kier molecular flexibility index (Phi) is 4.70. The third kappa shape index (κ3) is 4.20. The summed E-state index contributed by atoms with van der Waals surface area (Å²) in [5, 5.41) is 15.5. The van der Waals surface area contributed by atoms with Crippen LogP contribution in [0, 0.1) is 0 Å². The number of para-hydroxylation sites is 1. The van der Waals surface area contributed by atoms with Gasteiger partial charge in [-0.05, 0) is 24.3 Å². The number of furan rings is 1. The standard InChI is InChI=1S/C14H13N3O4/c18-11-5-2-1-4-10(11)8-16-17-13(19)9-15-14(20)12-6-3-7-21-12/h1-8,18H,9H2,(H,15,20)(H,17,19)/b16-8+. The first-order chi connectivity index (χ1) is 10.2. The number of phenolic OH excluding ortho intramolecular Hbond substituents is 1. The molecule has 2 rings (SSSR count). The first-order valence-corrected chi connectivity index (χ1v) is 6.08. The molecule has 3 N–H and O–H groups in total. The van der Waals surface area contributed by atoms with Crippen LogP contribution in [0.1, 0.15) is 16.1 Å². The van der Waals surface area contributed by atoms with Crippen molar-refractivity contribution in [2.45, 2.75) is 0 Å². The molecule has 0 aliphatic heterocycles. The topological polar surface area (TPSA) is 104 Å². The van der Waals surface area contributed by atoms with Gasteiger partial charge < -0.3 is 14.8 Å². The highest BCUT2D eigenvalue weighted by molar-refractivity contribution is 5.94. The molecule has 0 radical (unpaired) electrons. The van der Waals surface area contributed by atoms with Gasteiger partial charge in [-0.2, -0.15) is 5.10 Å². The van der Waals surface area contributed by atoms with E-state index in [1.54, 1.807) is 24.3 Å². The van der Waals surface area contributed by atoms with Crippen molar-refractivity contribution >= 4 is 18.0 Å². The Morgan fingerprint density at radius 3 is 2.76 bits per heavy atom. The molecule has 0 aliphatic carbocycles. The average molecular weight is 287 g/mol. The zero-order chi connectivity index (χ0) is 15.1. The molecule has 0 bridgehead atoms. The van der Waals surface area contributed by atoms with Crippen molar-refractivity contribution in [3.63, 3.8) is 0 Å². The van der Waals surface area contributed by atoms with E-state index in [2.05, 4.69) is 15.8 Å². The fourth-order valence-electron chi connectivity index (χ4n) is 1.47. The number of hydrogen-bond donors (Lipinski definition) is 3. The highest BCUT2D eigenvalue weighted by atomic mass is 16.3. The van der Waals surface area contributed by atoms with E-state index in [0.717, 1.165) is 0 Å². The van der Waals surface area contributed by atoms with E-state index in [4.69, 9.17) is 4.42 Å². The Morgan fingerprint density at radius 1 is 1.24 bits per heavy atom. The number of nitrogens with zero attached hydrogens (tertiary/aromatic N) is 1. The van der Waals surface area contributed by atoms with E-state index in [1.807, 2.05) is 0 Å². The van der Waals surface area contributed by atoms with E-state index in [0.29, 0.717) is 5.56 Å². The number of benzene rings is 1. The number of amides is 2. The molecule has 0 fully saturated rings. The number of hydrazone groups is 1. The molecule has 0 saturated heterocycles. The second kappa shape index (κ2) is 6.90. The minimum Gasteiger partial charge on any atom is -0.507 e. The molecule has 7 nitrogen and oxygen atoms in total. The zero-order valence-electron chi connectivity index (χ0n) is 10.9. The Morgan fingerprint density at radius 2 is 2.05 bits per heavy atom. The summed E-state index contributed by atoms with van der Waals surface area (Å²) in [6.07, 6.45) is 2.67. The Bertz CT molecular complexity index is 650. The lowest BCUT2D eigenvalue weighted by molar-refractivity contribution is -0.120. The van der Waals surface area contributed by atoms with Gasteiger partial charge >= 0.3 is 0 Å². The second-order valence-electron chi connectivity index (χ2n) is 4.01.